The van der Waals surface area contributed by atoms with E-state index >= 15 is 0 Å². The van der Waals surface area contributed by atoms with Crippen LogP contribution in [0.15, 0.2) is 138 Å². The highest BCUT2D eigenvalue weighted by atomic mass is 16.5. The van der Waals surface area contributed by atoms with Crippen molar-refractivity contribution in [2.24, 2.45) is 4.99 Å². The van der Waals surface area contributed by atoms with Gasteiger partial charge in [0.2, 0.25) is 5.90 Å². The quantitative estimate of drug-likeness (QED) is 0.152. The number of aliphatic imine (C=N–C) groups is 1. The summed E-state index contributed by atoms with van der Waals surface area (Å²) in [7, 11) is 0. The molecule has 2 aliphatic rings. The molecule has 2 atom stereocenters. The summed E-state index contributed by atoms with van der Waals surface area (Å²) in [6.07, 6.45) is -0.00279. The molecular formula is C40H34N2O5. The third-order valence-corrected chi connectivity index (χ3v) is 8.75. The van der Waals surface area contributed by atoms with Gasteiger partial charge >= 0.3 is 0 Å². The number of fused-ring (bicyclic) bond motifs is 1. The molecule has 0 aliphatic carbocycles. The van der Waals surface area contributed by atoms with Gasteiger partial charge in [-0.3, -0.25) is 14.5 Å². The fourth-order valence-electron chi connectivity index (χ4n) is 6.30. The Labute approximate surface area is 273 Å². The van der Waals surface area contributed by atoms with Crippen molar-refractivity contribution in [3.05, 3.63) is 161 Å². The number of carbonyl (C=O) groups excluding carboxylic acids is 2. The monoisotopic (exact) mass is 622 g/mol. The number of rotatable bonds is 8. The van der Waals surface area contributed by atoms with E-state index in [-0.39, 0.29) is 25.5 Å². The molecule has 234 valence electrons. The first-order chi connectivity index (χ1) is 23.1. The van der Waals surface area contributed by atoms with Crippen LogP contribution in [0.25, 0.3) is 11.1 Å². The predicted octanol–water partition coefficient (Wildman–Crippen LogP) is 6.80. The van der Waals surface area contributed by atoms with Crippen molar-refractivity contribution >= 4 is 17.7 Å². The van der Waals surface area contributed by atoms with Gasteiger partial charge in [0.1, 0.15) is 5.75 Å². The predicted molar refractivity (Wildman–Crippen MR) is 180 cm³/mol. The molecule has 1 spiro atoms. The maximum Gasteiger partial charge on any atom is 0.262 e. The third-order valence-electron chi connectivity index (χ3n) is 8.75. The molecule has 7 heteroatoms. The van der Waals surface area contributed by atoms with Crippen molar-refractivity contribution < 1.29 is 24.2 Å². The molecule has 5 aromatic carbocycles. The minimum absolute atomic E-state index is 0.0550. The van der Waals surface area contributed by atoms with Crippen LogP contribution in [0, 0.1) is 0 Å². The van der Waals surface area contributed by atoms with Gasteiger partial charge in [-0.25, -0.2) is 4.99 Å². The highest BCUT2D eigenvalue weighted by Crippen LogP contribution is 2.46. The Bertz CT molecular complexity index is 1910. The van der Waals surface area contributed by atoms with E-state index in [9.17, 15) is 9.59 Å². The second-order valence-electron chi connectivity index (χ2n) is 11.8. The lowest BCUT2D eigenvalue weighted by Gasteiger charge is -2.32. The third kappa shape index (κ3) is 5.93. The molecule has 0 radical (unpaired) electrons. The van der Waals surface area contributed by atoms with Crippen molar-refractivity contribution in [1.29, 1.82) is 0 Å². The number of ether oxygens (including phenoxy) is 2. The van der Waals surface area contributed by atoms with Crippen LogP contribution in [0.1, 0.15) is 45.1 Å². The molecule has 7 nitrogen and oxygen atoms in total. The first-order valence-electron chi connectivity index (χ1n) is 15.8. The Morgan fingerprint density at radius 2 is 1.40 bits per heavy atom. The Kier molecular flexibility index (Phi) is 8.38. The molecular weight excluding hydrogens is 588 g/mol. The second kappa shape index (κ2) is 13.1. The summed E-state index contributed by atoms with van der Waals surface area (Å²) in [5.74, 6) is 0.197. The number of imide groups is 1. The van der Waals surface area contributed by atoms with Gasteiger partial charge in [0.15, 0.2) is 11.6 Å². The number of hydrogen-bond acceptors (Lipinski definition) is 6. The number of carbonyl (C=O) groups is 2. The fourth-order valence-corrected chi connectivity index (χ4v) is 6.30. The van der Waals surface area contributed by atoms with Crippen LogP contribution in [0.5, 0.6) is 5.75 Å². The van der Waals surface area contributed by atoms with Crippen molar-refractivity contribution in [3.63, 3.8) is 0 Å². The summed E-state index contributed by atoms with van der Waals surface area (Å²) in [6.45, 7) is 0.588. The van der Waals surface area contributed by atoms with Gasteiger partial charge in [-0.1, -0.05) is 97.1 Å². The molecule has 0 fully saturated rings. The molecule has 7 rings (SSSR count). The standard InChI is InChI=1S/C40H34N2O5/c43-24-9-25-46-35-22-20-31(21-23-35)37-41-40(36(47-37)30-18-16-29(17-19-30)28-10-3-1-4-11-28)26-33-14-7-8-15-34(33)27-42(39(40)45)38(44)32-12-5-2-6-13-32/h1-8,10-23,36,43H,9,24-27H2/t36-,40-/m0/s1. The number of benzene rings is 5. The van der Waals surface area contributed by atoms with Crippen molar-refractivity contribution in [3.8, 4) is 16.9 Å². The van der Waals surface area contributed by atoms with E-state index in [1.165, 1.54) is 4.90 Å². The highest BCUT2D eigenvalue weighted by molar-refractivity contribution is 6.10. The van der Waals surface area contributed by atoms with Gasteiger partial charge in [0, 0.05) is 30.6 Å². The SMILES string of the molecule is O=C(c1ccccc1)N1Cc2ccccc2C[C@@]2(N=C(c3ccc(OCCCO)cc3)O[C@H]2c2ccc(-c3ccccc3)cc2)C1=O. The smallest absolute Gasteiger partial charge is 0.262 e. The summed E-state index contributed by atoms with van der Waals surface area (Å²) < 4.78 is 12.4. The van der Waals surface area contributed by atoms with E-state index < -0.39 is 17.6 Å². The number of nitrogens with zero attached hydrogens (tertiary/aromatic N) is 2. The number of aliphatic hydroxyl groups is 1. The zero-order valence-electron chi connectivity index (χ0n) is 25.8. The van der Waals surface area contributed by atoms with E-state index in [1.54, 1.807) is 24.3 Å². The van der Waals surface area contributed by atoms with Crippen molar-refractivity contribution in [2.75, 3.05) is 13.2 Å². The summed E-state index contributed by atoms with van der Waals surface area (Å²) >= 11 is 0. The van der Waals surface area contributed by atoms with Crippen LogP contribution in [-0.4, -0.2) is 46.5 Å². The maximum atomic E-state index is 15.0. The van der Waals surface area contributed by atoms with E-state index in [0.717, 1.165) is 27.8 Å². The molecule has 0 aromatic heterocycles. The molecule has 0 saturated carbocycles. The summed E-state index contributed by atoms with van der Waals surface area (Å²) in [4.78, 5) is 35.5. The molecule has 2 aliphatic heterocycles. The fraction of sp³-hybridized carbons (Fsp3) is 0.175. The number of amides is 2. The zero-order valence-corrected chi connectivity index (χ0v) is 25.8. The van der Waals surface area contributed by atoms with Crippen LogP contribution in [0.4, 0.5) is 0 Å². The maximum absolute atomic E-state index is 15.0. The number of hydrogen-bond donors (Lipinski definition) is 1. The Morgan fingerprint density at radius 3 is 2.11 bits per heavy atom. The summed E-state index contributed by atoms with van der Waals surface area (Å²) in [5.41, 5.74) is 4.41. The molecule has 47 heavy (non-hydrogen) atoms. The zero-order chi connectivity index (χ0) is 32.2. The topological polar surface area (TPSA) is 88.4 Å². The normalized spacial score (nSPS) is 18.7. The van der Waals surface area contributed by atoms with E-state index in [4.69, 9.17) is 19.6 Å². The van der Waals surface area contributed by atoms with E-state index in [0.29, 0.717) is 35.8 Å². The second-order valence-corrected chi connectivity index (χ2v) is 11.8. The molecule has 5 aromatic rings. The van der Waals surface area contributed by atoms with Gasteiger partial charge in [0.05, 0.1) is 13.2 Å². The molecule has 0 bridgehead atoms. The summed E-state index contributed by atoms with van der Waals surface area (Å²) in [5, 5.41) is 9.10. The van der Waals surface area contributed by atoms with Crippen LogP contribution >= 0.6 is 0 Å². The lowest BCUT2D eigenvalue weighted by molar-refractivity contribution is -0.137. The van der Waals surface area contributed by atoms with Crippen LogP contribution < -0.4 is 4.74 Å². The molecule has 2 heterocycles. The van der Waals surface area contributed by atoms with Gasteiger partial charge in [-0.2, -0.15) is 0 Å². The van der Waals surface area contributed by atoms with E-state index in [2.05, 4.69) is 12.1 Å². The Morgan fingerprint density at radius 1 is 0.787 bits per heavy atom. The Hall–Kier alpha value is -5.53. The van der Waals surface area contributed by atoms with Crippen LogP contribution in [0.3, 0.4) is 0 Å². The average Bonchev–Trinajstić information content (AvgIpc) is 3.46. The average molecular weight is 623 g/mol. The Balaban J connectivity index is 1.34. The molecule has 2 amide bonds. The molecule has 0 saturated heterocycles. The largest absolute Gasteiger partial charge is 0.494 e. The van der Waals surface area contributed by atoms with Crippen molar-refractivity contribution in [2.45, 2.75) is 31.0 Å². The van der Waals surface area contributed by atoms with Gasteiger partial charge in [0.25, 0.3) is 11.8 Å². The van der Waals surface area contributed by atoms with Gasteiger partial charge in [-0.15, -0.1) is 0 Å². The minimum Gasteiger partial charge on any atom is -0.494 e. The lowest BCUT2D eigenvalue weighted by Crippen LogP contribution is -2.51. The minimum atomic E-state index is -1.45. The first kappa shape index (κ1) is 30.1. The first-order valence-corrected chi connectivity index (χ1v) is 15.8. The van der Waals surface area contributed by atoms with E-state index in [1.807, 2.05) is 97.1 Å². The number of aliphatic hydroxyl groups excluding tert-OH is 1. The highest BCUT2D eigenvalue weighted by Gasteiger charge is 2.57. The van der Waals surface area contributed by atoms with Crippen molar-refractivity contribution in [1.82, 2.24) is 4.90 Å². The molecule has 1 N–H and O–H groups in total. The van der Waals surface area contributed by atoms with Crippen LogP contribution in [0.2, 0.25) is 0 Å². The lowest BCUT2D eigenvalue weighted by atomic mass is 9.81. The summed E-state index contributed by atoms with van der Waals surface area (Å²) in [6, 6.07) is 42.2. The molecule has 0 unspecified atom stereocenters. The van der Waals surface area contributed by atoms with Crippen LogP contribution in [-0.2, 0) is 22.5 Å². The van der Waals surface area contributed by atoms with Gasteiger partial charge in [-0.05, 0) is 64.2 Å². The van der Waals surface area contributed by atoms with Gasteiger partial charge < -0.3 is 14.6 Å².